The monoisotopic (exact) mass is 585 g/mol. The SMILES string of the molecule is CSC1=C(SCCOCCOCCO)SC(=C2Sc3cn(CCOCCOCCO)cc3S2)S1. The van der Waals surface area contributed by atoms with E-state index in [2.05, 4.69) is 23.2 Å². The first-order valence-corrected chi connectivity index (χ1v) is 16.3. The number of nitrogens with zero attached hydrogens (tertiary/aromatic N) is 1. The van der Waals surface area contributed by atoms with Crippen molar-refractivity contribution in [3.8, 4) is 0 Å². The minimum atomic E-state index is 0.0483. The topological polar surface area (TPSA) is 82.3 Å². The zero-order chi connectivity index (χ0) is 24.0. The van der Waals surface area contributed by atoms with Gasteiger partial charge >= 0.3 is 0 Å². The molecule has 2 aliphatic heterocycles. The van der Waals surface area contributed by atoms with Gasteiger partial charge in [-0.1, -0.05) is 47.0 Å². The molecule has 13 heteroatoms. The summed E-state index contributed by atoms with van der Waals surface area (Å²) in [5.41, 5.74) is 0. The van der Waals surface area contributed by atoms with Gasteiger partial charge in [0.2, 0.25) is 0 Å². The van der Waals surface area contributed by atoms with E-state index in [0.717, 1.165) is 12.3 Å². The third-order valence-electron chi connectivity index (χ3n) is 4.27. The lowest BCUT2D eigenvalue weighted by molar-refractivity contribution is 0.0309. The van der Waals surface area contributed by atoms with Crippen LogP contribution in [0.25, 0.3) is 0 Å². The normalized spacial score (nSPS) is 15.7. The maximum Gasteiger partial charge on any atom is 0.0717 e. The van der Waals surface area contributed by atoms with Gasteiger partial charge in [-0.2, -0.15) is 0 Å². The van der Waals surface area contributed by atoms with Crippen molar-refractivity contribution in [3.05, 3.63) is 29.3 Å². The van der Waals surface area contributed by atoms with Crippen LogP contribution in [0.2, 0.25) is 0 Å². The molecule has 2 N–H and O–H groups in total. The largest absolute Gasteiger partial charge is 0.394 e. The van der Waals surface area contributed by atoms with E-state index in [1.54, 1.807) is 0 Å². The molecule has 0 radical (unpaired) electrons. The fraction of sp³-hybridized carbons (Fsp3) is 0.619. The number of aromatic nitrogens is 1. The van der Waals surface area contributed by atoms with E-state index in [9.17, 15) is 0 Å². The van der Waals surface area contributed by atoms with Crippen molar-refractivity contribution in [1.29, 1.82) is 0 Å². The molecule has 0 unspecified atom stereocenters. The first kappa shape index (κ1) is 29.2. The molecule has 0 atom stereocenters. The molecule has 34 heavy (non-hydrogen) atoms. The molecule has 192 valence electrons. The second kappa shape index (κ2) is 17.2. The third kappa shape index (κ3) is 9.82. The average Bonchev–Trinajstić information content (AvgIpc) is 3.53. The van der Waals surface area contributed by atoms with E-state index in [0.29, 0.717) is 52.9 Å². The van der Waals surface area contributed by atoms with Gasteiger partial charge < -0.3 is 33.7 Å². The van der Waals surface area contributed by atoms with Crippen LogP contribution in [0.3, 0.4) is 0 Å². The molecular weight excluding hydrogens is 555 g/mol. The number of thioether (sulfide) groups is 6. The van der Waals surface area contributed by atoms with Crippen molar-refractivity contribution in [3.63, 3.8) is 0 Å². The van der Waals surface area contributed by atoms with Crippen LogP contribution < -0.4 is 0 Å². The lowest BCUT2D eigenvalue weighted by Crippen LogP contribution is -2.10. The maximum atomic E-state index is 8.69. The van der Waals surface area contributed by atoms with Crippen molar-refractivity contribution in [2.45, 2.75) is 16.3 Å². The van der Waals surface area contributed by atoms with Crippen molar-refractivity contribution in [2.75, 3.05) is 78.1 Å². The van der Waals surface area contributed by atoms with Crippen LogP contribution in [0.15, 0.2) is 39.1 Å². The third-order valence-corrected chi connectivity index (χ3v) is 12.6. The molecule has 0 aromatic carbocycles. The second-order valence-electron chi connectivity index (χ2n) is 6.73. The molecule has 0 bridgehead atoms. The zero-order valence-corrected chi connectivity index (χ0v) is 24.0. The molecule has 3 rings (SSSR count). The molecule has 0 saturated carbocycles. The summed E-state index contributed by atoms with van der Waals surface area (Å²) in [6.45, 7) is 5.13. The molecule has 0 amide bonds. The van der Waals surface area contributed by atoms with E-state index in [1.165, 1.54) is 26.7 Å². The number of fused-ring (bicyclic) bond motifs is 1. The van der Waals surface area contributed by atoms with Crippen LogP contribution in [-0.2, 0) is 25.5 Å². The van der Waals surface area contributed by atoms with Gasteiger partial charge in [-0.15, -0.1) is 23.5 Å². The zero-order valence-electron chi connectivity index (χ0n) is 19.1. The van der Waals surface area contributed by atoms with Gasteiger partial charge in [0.25, 0.3) is 0 Å². The van der Waals surface area contributed by atoms with Crippen molar-refractivity contribution < 1.29 is 29.2 Å². The minimum absolute atomic E-state index is 0.0483. The van der Waals surface area contributed by atoms with Crippen LogP contribution in [0.5, 0.6) is 0 Å². The fourth-order valence-corrected chi connectivity index (χ4v) is 11.0. The fourth-order valence-electron chi connectivity index (χ4n) is 2.76. The Kier molecular flexibility index (Phi) is 14.8. The van der Waals surface area contributed by atoms with Crippen molar-refractivity contribution >= 4 is 70.6 Å². The van der Waals surface area contributed by atoms with Gasteiger partial charge in [-0.25, -0.2) is 0 Å². The van der Waals surface area contributed by atoms with Gasteiger partial charge in [0, 0.05) is 34.5 Å². The van der Waals surface area contributed by atoms with Crippen molar-refractivity contribution in [1.82, 2.24) is 4.57 Å². The second-order valence-corrected chi connectivity index (χ2v) is 13.8. The Bertz CT molecular complexity index is 792. The molecule has 0 spiro atoms. The smallest absolute Gasteiger partial charge is 0.0717 e. The van der Waals surface area contributed by atoms with Gasteiger partial charge in [0.05, 0.1) is 83.0 Å². The molecule has 0 fully saturated rings. The molecule has 2 aliphatic rings. The average molecular weight is 586 g/mol. The Morgan fingerprint density at radius 1 is 0.706 bits per heavy atom. The van der Waals surface area contributed by atoms with E-state index in [-0.39, 0.29) is 13.2 Å². The van der Waals surface area contributed by atoms with Crippen molar-refractivity contribution in [2.24, 2.45) is 0 Å². The van der Waals surface area contributed by atoms with Crippen LogP contribution in [0, 0.1) is 0 Å². The van der Waals surface area contributed by atoms with E-state index >= 15 is 0 Å². The summed E-state index contributed by atoms with van der Waals surface area (Å²) in [7, 11) is 0. The van der Waals surface area contributed by atoms with Gasteiger partial charge in [-0.05, 0) is 6.26 Å². The molecule has 0 aliphatic carbocycles. The van der Waals surface area contributed by atoms with Gasteiger partial charge in [0.15, 0.2) is 0 Å². The minimum Gasteiger partial charge on any atom is -0.394 e. The predicted octanol–water partition coefficient (Wildman–Crippen LogP) is 4.57. The number of aliphatic hydroxyl groups is 2. The molecule has 0 saturated heterocycles. The quantitative estimate of drug-likeness (QED) is 0.237. The summed E-state index contributed by atoms with van der Waals surface area (Å²) in [4.78, 5) is 2.62. The van der Waals surface area contributed by atoms with Gasteiger partial charge in [0.1, 0.15) is 0 Å². The molecule has 1 aromatic rings. The lowest BCUT2D eigenvalue weighted by Gasteiger charge is -2.07. The highest BCUT2D eigenvalue weighted by Crippen LogP contribution is 2.63. The van der Waals surface area contributed by atoms with E-state index in [1.807, 2.05) is 70.6 Å². The predicted molar refractivity (Wildman–Crippen MR) is 149 cm³/mol. The number of ether oxygens (including phenoxy) is 4. The molecular formula is C21H31NO6S6. The molecule has 3 heterocycles. The van der Waals surface area contributed by atoms with E-state index in [4.69, 9.17) is 29.2 Å². The first-order valence-electron chi connectivity index (χ1n) is 10.8. The van der Waals surface area contributed by atoms with Crippen LogP contribution in [0.1, 0.15) is 0 Å². The maximum absolute atomic E-state index is 8.69. The first-order chi connectivity index (χ1) is 16.7. The summed E-state index contributed by atoms with van der Waals surface area (Å²) in [5, 5.41) is 17.4. The number of rotatable bonds is 18. The Balaban J connectivity index is 1.37. The highest BCUT2D eigenvalue weighted by molar-refractivity contribution is 8.42. The lowest BCUT2D eigenvalue weighted by atomic mass is 10.6. The number of aliphatic hydroxyl groups excluding tert-OH is 2. The van der Waals surface area contributed by atoms with Gasteiger partial charge in [-0.3, -0.25) is 0 Å². The Morgan fingerprint density at radius 3 is 1.82 bits per heavy atom. The van der Waals surface area contributed by atoms with Crippen LogP contribution in [-0.4, -0.2) is 92.9 Å². The number of hydrogen-bond acceptors (Lipinski definition) is 12. The Hall–Kier alpha value is 0.620. The standard InChI is InChI=1S/C21H31NO6S6/c1-29-18-19(30-13-12-28-11-10-27-7-4-24)34-21(33-18)20-31-16-14-22(15-17(16)32-20)2-5-25-8-9-26-6-3-23/h14-15,23-24H,2-13H2,1H3. The highest BCUT2D eigenvalue weighted by atomic mass is 32.3. The summed E-state index contributed by atoms with van der Waals surface area (Å²) >= 11 is 11.1. The van der Waals surface area contributed by atoms with E-state index < -0.39 is 0 Å². The highest BCUT2D eigenvalue weighted by Gasteiger charge is 2.29. The number of hydrogen-bond donors (Lipinski definition) is 2. The summed E-state index contributed by atoms with van der Waals surface area (Å²) in [5.74, 6) is 0.913. The summed E-state index contributed by atoms with van der Waals surface area (Å²) in [6.07, 6.45) is 6.55. The Labute approximate surface area is 226 Å². The molecule has 1 aromatic heterocycles. The van der Waals surface area contributed by atoms with Crippen LogP contribution >= 0.6 is 70.6 Å². The summed E-state index contributed by atoms with van der Waals surface area (Å²) in [6, 6.07) is 0. The van der Waals surface area contributed by atoms with Crippen LogP contribution in [0.4, 0.5) is 0 Å². The molecule has 7 nitrogen and oxygen atoms in total. The Morgan fingerprint density at radius 2 is 1.24 bits per heavy atom. The summed E-state index contributed by atoms with van der Waals surface area (Å²) < 4.78 is 29.3.